The molecule has 1 aromatic carbocycles. The Morgan fingerprint density at radius 1 is 1.25 bits per heavy atom. The summed E-state index contributed by atoms with van der Waals surface area (Å²) in [7, 11) is 0. The lowest BCUT2D eigenvalue weighted by atomic mass is 10.0. The Morgan fingerprint density at radius 3 is 2.46 bits per heavy atom. The van der Waals surface area contributed by atoms with Gasteiger partial charge in [0.2, 0.25) is 6.10 Å². The predicted molar refractivity (Wildman–Crippen MR) is 91.4 cm³/mol. The highest BCUT2D eigenvalue weighted by Gasteiger charge is 2.29. The number of halogens is 1. The summed E-state index contributed by atoms with van der Waals surface area (Å²) in [5.41, 5.74) is -0.0178. The lowest BCUT2D eigenvalue weighted by Gasteiger charge is -2.27. The van der Waals surface area contributed by atoms with E-state index >= 15 is 0 Å². The predicted octanol–water partition coefficient (Wildman–Crippen LogP) is 4.09. The number of rotatable bonds is 6. The molecule has 6 heteroatoms. The Kier molecular flexibility index (Phi) is 5.72. The van der Waals surface area contributed by atoms with Crippen molar-refractivity contribution < 1.29 is 18.7 Å². The highest BCUT2D eigenvalue weighted by atomic mass is 32.1. The maximum atomic E-state index is 13.2. The number of esters is 1. The van der Waals surface area contributed by atoms with Gasteiger partial charge < -0.3 is 10.1 Å². The molecule has 1 heterocycles. The monoisotopic (exact) mass is 349 g/mol. The van der Waals surface area contributed by atoms with E-state index in [0.29, 0.717) is 16.9 Å². The number of hydrogen-bond donors (Lipinski definition) is 1. The summed E-state index contributed by atoms with van der Waals surface area (Å²) < 4.78 is 18.6. The summed E-state index contributed by atoms with van der Waals surface area (Å²) in [6.07, 6.45) is -0.417. The lowest BCUT2D eigenvalue weighted by Crippen LogP contribution is -2.45. The van der Waals surface area contributed by atoms with Crippen LogP contribution in [-0.4, -0.2) is 17.4 Å². The molecule has 0 aliphatic heterocycles. The van der Waals surface area contributed by atoms with Gasteiger partial charge in [0.25, 0.3) is 5.91 Å². The van der Waals surface area contributed by atoms with Crippen LogP contribution in [0.15, 0.2) is 41.8 Å². The topological polar surface area (TPSA) is 55.4 Å². The van der Waals surface area contributed by atoms with E-state index < -0.39 is 29.3 Å². The van der Waals surface area contributed by atoms with Gasteiger partial charge in [-0.2, -0.15) is 0 Å². The summed E-state index contributed by atoms with van der Waals surface area (Å²) >= 11 is 1.23. The molecule has 1 amide bonds. The molecule has 0 radical (unpaired) electrons. The van der Waals surface area contributed by atoms with E-state index in [2.05, 4.69) is 5.32 Å². The fourth-order valence-corrected chi connectivity index (χ4v) is 2.56. The molecule has 1 N–H and O–H groups in total. The zero-order valence-electron chi connectivity index (χ0n) is 13.8. The van der Waals surface area contributed by atoms with Crippen LogP contribution in [0.25, 0.3) is 0 Å². The normalized spacial score (nSPS) is 12.5. The number of carbonyl (C=O) groups is 2. The number of ether oxygens (including phenoxy) is 1. The average molecular weight is 349 g/mol. The second-order valence-corrected chi connectivity index (χ2v) is 6.99. The van der Waals surface area contributed by atoms with E-state index in [4.69, 9.17) is 4.74 Å². The lowest BCUT2D eigenvalue weighted by molar-refractivity contribution is -0.132. The van der Waals surface area contributed by atoms with Gasteiger partial charge in [0.05, 0.1) is 0 Å². The second-order valence-electron chi connectivity index (χ2n) is 6.04. The van der Waals surface area contributed by atoms with Gasteiger partial charge in [-0.15, -0.1) is 11.3 Å². The SMILES string of the molecule is CCC(C)(C)NC(=O)[C@H](OC(=O)c1cccs1)c1ccc(F)cc1. The fourth-order valence-electron chi connectivity index (χ4n) is 1.96. The van der Waals surface area contributed by atoms with E-state index in [-0.39, 0.29) is 0 Å². The zero-order valence-corrected chi connectivity index (χ0v) is 14.7. The van der Waals surface area contributed by atoms with Gasteiger partial charge in [0, 0.05) is 11.1 Å². The molecular weight excluding hydrogens is 329 g/mol. The van der Waals surface area contributed by atoms with Gasteiger partial charge in [0.15, 0.2) is 0 Å². The molecule has 0 bridgehead atoms. The number of benzene rings is 1. The molecule has 1 aromatic heterocycles. The second kappa shape index (κ2) is 7.57. The van der Waals surface area contributed by atoms with Crippen LogP contribution >= 0.6 is 11.3 Å². The van der Waals surface area contributed by atoms with Crippen LogP contribution in [0.2, 0.25) is 0 Å². The first-order chi connectivity index (χ1) is 11.3. The van der Waals surface area contributed by atoms with Crippen molar-refractivity contribution in [2.24, 2.45) is 0 Å². The van der Waals surface area contributed by atoms with Gasteiger partial charge >= 0.3 is 5.97 Å². The maximum absolute atomic E-state index is 13.2. The number of carbonyl (C=O) groups excluding carboxylic acids is 2. The van der Waals surface area contributed by atoms with Crippen LogP contribution in [-0.2, 0) is 9.53 Å². The summed E-state index contributed by atoms with van der Waals surface area (Å²) in [5.74, 6) is -1.43. The average Bonchev–Trinajstić information content (AvgIpc) is 3.07. The standard InChI is InChI=1S/C18H20FNO3S/c1-4-18(2,3)20-16(21)15(12-7-9-13(19)10-8-12)23-17(22)14-6-5-11-24-14/h5-11,15H,4H2,1-3H3,(H,20,21)/t15-/m1/s1. The van der Waals surface area contributed by atoms with Crippen LogP contribution in [0.3, 0.4) is 0 Å². The molecule has 24 heavy (non-hydrogen) atoms. The van der Waals surface area contributed by atoms with Crippen LogP contribution < -0.4 is 5.32 Å². The van der Waals surface area contributed by atoms with Crippen LogP contribution in [0, 0.1) is 5.82 Å². The quantitative estimate of drug-likeness (QED) is 0.799. The Labute approximate surface area is 144 Å². The van der Waals surface area contributed by atoms with Crippen molar-refractivity contribution >= 4 is 23.2 Å². The third-order valence-electron chi connectivity index (χ3n) is 3.70. The van der Waals surface area contributed by atoms with Crippen molar-refractivity contribution in [2.45, 2.75) is 38.8 Å². The van der Waals surface area contributed by atoms with Gasteiger partial charge in [-0.1, -0.05) is 25.1 Å². The Balaban J connectivity index is 2.25. The Morgan fingerprint density at radius 2 is 1.92 bits per heavy atom. The molecule has 4 nitrogen and oxygen atoms in total. The smallest absolute Gasteiger partial charge is 0.349 e. The van der Waals surface area contributed by atoms with Crippen molar-refractivity contribution in [3.63, 3.8) is 0 Å². The summed E-state index contributed by atoms with van der Waals surface area (Å²) in [4.78, 5) is 25.3. The van der Waals surface area contributed by atoms with Gasteiger partial charge in [-0.05, 0) is 43.8 Å². The molecule has 2 rings (SSSR count). The number of amides is 1. The van der Waals surface area contributed by atoms with Crippen molar-refractivity contribution in [1.29, 1.82) is 0 Å². The molecule has 128 valence electrons. The highest BCUT2D eigenvalue weighted by Crippen LogP contribution is 2.23. The van der Waals surface area contributed by atoms with E-state index in [1.165, 1.54) is 35.6 Å². The molecule has 0 unspecified atom stereocenters. The third-order valence-corrected chi connectivity index (χ3v) is 4.55. The number of nitrogens with one attached hydrogen (secondary N) is 1. The van der Waals surface area contributed by atoms with Gasteiger partial charge in [0.1, 0.15) is 10.7 Å². The summed E-state index contributed by atoms with van der Waals surface area (Å²) in [5, 5.41) is 4.62. The molecule has 0 spiro atoms. The van der Waals surface area contributed by atoms with Crippen molar-refractivity contribution in [3.05, 3.63) is 58.0 Å². The third kappa shape index (κ3) is 4.64. The van der Waals surface area contributed by atoms with E-state index in [1.54, 1.807) is 17.5 Å². The van der Waals surface area contributed by atoms with E-state index in [1.807, 2.05) is 20.8 Å². The van der Waals surface area contributed by atoms with Crippen LogP contribution in [0.5, 0.6) is 0 Å². The minimum atomic E-state index is -1.13. The first-order valence-corrected chi connectivity index (χ1v) is 8.52. The van der Waals surface area contributed by atoms with Gasteiger partial charge in [-0.25, -0.2) is 9.18 Å². The van der Waals surface area contributed by atoms with Crippen LogP contribution in [0.1, 0.15) is 48.5 Å². The minimum Gasteiger partial charge on any atom is -0.443 e. The minimum absolute atomic E-state index is 0.407. The number of hydrogen-bond acceptors (Lipinski definition) is 4. The molecule has 0 fully saturated rings. The molecule has 2 aromatic rings. The summed E-state index contributed by atoms with van der Waals surface area (Å²) in [6, 6.07) is 8.72. The Hall–Kier alpha value is -2.21. The van der Waals surface area contributed by atoms with E-state index in [0.717, 1.165) is 0 Å². The zero-order chi connectivity index (χ0) is 17.7. The van der Waals surface area contributed by atoms with E-state index in [9.17, 15) is 14.0 Å². The van der Waals surface area contributed by atoms with Crippen molar-refractivity contribution in [1.82, 2.24) is 5.32 Å². The number of thiophene rings is 1. The fraction of sp³-hybridized carbons (Fsp3) is 0.333. The first kappa shape index (κ1) is 18.1. The maximum Gasteiger partial charge on any atom is 0.349 e. The molecule has 0 aliphatic carbocycles. The van der Waals surface area contributed by atoms with Gasteiger partial charge in [-0.3, -0.25) is 4.79 Å². The molecular formula is C18H20FNO3S. The largest absolute Gasteiger partial charge is 0.443 e. The van der Waals surface area contributed by atoms with Crippen molar-refractivity contribution in [3.8, 4) is 0 Å². The highest BCUT2D eigenvalue weighted by molar-refractivity contribution is 7.11. The first-order valence-electron chi connectivity index (χ1n) is 7.64. The Bertz CT molecular complexity index is 696. The molecule has 1 atom stereocenters. The summed E-state index contributed by atoms with van der Waals surface area (Å²) in [6.45, 7) is 5.71. The molecule has 0 saturated heterocycles. The van der Waals surface area contributed by atoms with Crippen LogP contribution in [0.4, 0.5) is 4.39 Å². The molecule has 0 aliphatic rings. The molecule has 0 saturated carbocycles. The van der Waals surface area contributed by atoms with Crippen molar-refractivity contribution in [2.75, 3.05) is 0 Å².